The molecule has 0 spiro atoms. The van der Waals surface area contributed by atoms with Gasteiger partial charge >= 0.3 is 0 Å². The maximum atomic E-state index is 11.6. The molecule has 0 aromatic rings. The molecule has 2 unspecified atom stereocenters. The SMILES string of the molecule is CC(CO)C(O)CC[C@@H](C)[C@H]1CC[C@H]2[C@@H]3[C@H](O)C[C@H]4C[C@H](O)CC[C@]4(C)[C@H]3C[C@H](O)[C@]12C. The highest BCUT2D eigenvalue weighted by atomic mass is 16.3. The van der Waals surface area contributed by atoms with Crippen molar-refractivity contribution in [3.05, 3.63) is 0 Å². The lowest BCUT2D eigenvalue weighted by molar-refractivity contribution is -0.207. The monoisotopic (exact) mass is 452 g/mol. The van der Waals surface area contributed by atoms with E-state index in [-0.39, 0.29) is 47.6 Å². The quantitative estimate of drug-likeness (QED) is 0.425. The third-order valence-electron chi connectivity index (χ3n) is 11.4. The van der Waals surface area contributed by atoms with Crippen LogP contribution in [0.25, 0.3) is 0 Å². The van der Waals surface area contributed by atoms with E-state index < -0.39 is 6.10 Å². The maximum Gasteiger partial charge on any atom is 0.0602 e. The van der Waals surface area contributed by atoms with Gasteiger partial charge in [-0.1, -0.05) is 27.7 Å². The van der Waals surface area contributed by atoms with E-state index >= 15 is 0 Å². The molecule has 0 aromatic carbocycles. The van der Waals surface area contributed by atoms with Gasteiger partial charge in [-0.2, -0.15) is 0 Å². The average Bonchev–Trinajstić information content (AvgIpc) is 3.11. The summed E-state index contributed by atoms with van der Waals surface area (Å²) in [4.78, 5) is 0. The highest BCUT2D eigenvalue weighted by molar-refractivity contribution is 5.14. The van der Waals surface area contributed by atoms with Crippen molar-refractivity contribution in [3.8, 4) is 0 Å². The molecular formula is C27H48O5. The molecule has 4 saturated carbocycles. The Bertz CT molecular complexity index is 656. The second-order valence-corrected chi connectivity index (χ2v) is 12.8. The van der Waals surface area contributed by atoms with Crippen LogP contribution >= 0.6 is 0 Å². The molecule has 5 N–H and O–H groups in total. The first kappa shape index (κ1) is 24.9. The second-order valence-electron chi connectivity index (χ2n) is 12.8. The molecule has 0 saturated heterocycles. The summed E-state index contributed by atoms with van der Waals surface area (Å²) in [5.41, 5.74) is -0.0772. The van der Waals surface area contributed by atoms with Crippen molar-refractivity contribution in [1.29, 1.82) is 0 Å². The molecule has 5 nitrogen and oxygen atoms in total. The minimum Gasteiger partial charge on any atom is -0.396 e. The largest absolute Gasteiger partial charge is 0.396 e. The first-order valence-electron chi connectivity index (χ1n) is 13.4. The van der Waals surface area contributed by atoms with Crippen LogP contribution in [0, 0.1) is 52.3 Å². The number of aliphatic hydroxyl groups excluding tert-OH is 5. The van der Waals surface area contributed by atoms with E-state index in [9.17, 15) is 25.5 Å². The second kappa shape index (κ2) is 9.11. The fraction of sp³-hybridized carbons (Fsp3) is 1.00. The lowest BCUT2D eigenvalue weighted by atomic mass is 9.43. The Balaban J connectivity index is 1.53. The van der Waals surface area contributed by atoms with Gasteiger partial charge in [0.25, 0.3) is 0 Å². The van der Waals surface area contributed by atoms with Gasteiger partial charge in [0.2, 0.25) is 0 Å². The first-order chi connectivity index (χ1) is 15.0. The molecular weight excluding hydrogens is 404 g/mol. The van der Waals surface area contributed by atoms with Crippen LogP contribution in [-0.2, 0) is 0 Å². The topological polar surface area (TPSA) is 101 Å². The van der Waals surface area contributed by atoms with E-state index in [2.05, 4.69) is 20.8 Å². The molecule has 0 heterocycles. The van der Waals surface area contributed by atoms with Gasteiger partial charge in [0.15, 0.2) is 0 Å². The van der Waals surface area contributed by atoms with E-state index in [0.717, 1.165) is 51.4 Å². The molecule has 13 atom stereocenters. The van der Waals surface area contributed by atoms with Gasteiger partial charge in [-0.3, -0.25) is 0 Å². The van der Waals surface area contributed by atoms with Crippen LogP contribution in [0.1, 0.15) is 85.5 Å². The third kappa shape index (κ3) is 3.88. The molecule has 0 aromatic heterocycles. The van der Waals surface area contributed by atoms with Crippen molar-refractivity contribution in [2.45, 2.75) is 110 Å². The predicted octanol–water partition coefficient (Wildman–Crippen LogP) is 3.35. The zero-order chi connectivity index (χ0) is 23.4. The zero-order valence-corrected chi connectivity index (χ0v) is 20.7. The van der Waals surface area contributed by atoms with Gasteiger partial charge in [0.1, 0.15) is 0 Å². The van der Waals surface area contributed by atoms with Gasteiger partial charge in [-0.15, -0.1) is 0 Å². The van der Waals surface area contributed by atoms with Crippen LogP contribution in [-0.4, -0.2) is 56.6 Å². The molecule has 5 heteroatoms. The van der Waals surface area contributed by atoms with Crippen LogP contribution in [0.3, 0.4) is 0 Å². The summed E-state index contributed by atoms with van der Waals surface area (Å²) < 4.78 is 0. The van der Waals surface area contributed by atoms with E-state index in [4.69, 9.17) is 0 Å². The molecule has 0 aliphatic heterocycles. The Morgan fingerprint density at radius 3 is 2.31 bits per heavy atom. The van der Waals surface area contributed by atoms with E-state index in [1.807, 2.05) is 6.92 Å². The minimum absolute atomic E-state index is 0.00915. The first-order valence-corrected chi connectivity index (χ1v) is 13.4. The van der Waals surface area contributed by atoms with Gasteiger partial charge in [-0.25, -0.2) is 0 Å². The molecule has 0 bridgehead atoms. The van der Waals surface area contributed by atoms with Crippen molar-refractivity contribution in [2.24, 2.45) is 52.3 Å². The van der Waals surface area contributed by atoms with Crippen LogP contribution < -0.4 is 0 Å². The van der Waals surface area contributed by atoms with Gasteiger partial charge < -0.3 is 25.5 Å². The Labute approximate surface area is 194 Å². The van der Waals surface area contributed by atoms with Gasteiger partial charge in [-0.05, 0) is 104 Å². The average molecular weight is 453 g/mol. The predicted molar refractivity (Wildman–Crippen MR) is 125 cm³/mol. The standard InChI is InChI=1S/C27H48O5/c1-15(5-8-22(30)16(2)14-28)19-6-7-20-25-21(13-24(32)27(19,20)4)26(3)10-9-18(29)11-17(26)12-23(25)31/h15-25,28-32H,5-14H2,1-4H3/t15-,16?,17-,18-,19-,20+,21+,22?,23-,24+,25+,26+,27-/m1/s1. The van der Waals surface area contributed by atoms with Crippen molar-refractivity contribution in [1.82, 2.24) is 0 Å². The number of fused-ring (bicyclic) bond motifs is 5. The van der Waals surface area contributed by atoms with E-state index in [0.29, 0.717) is 36.0 Å². The number of hydrogen-bond acceptors (Lipinski definition) is 5. The van der Waals surface area contributed by atoms with Crippen molar-refractivity contribution >= 4 is 0 Å². The van der Waals surface area contributed by atoms with Crippen LogP contribution in [0.4, 0.5) is 0 Å². The van der Waals surface area contributed by atoms with Crippen molar-refractivity contribution in [3.63, 3.8) is 0 Å². The molecule has 4 fully saturated rings. The summed E-state index contributed by atoms with van der Waals surface area (Å²) >= 11 is 0. The van der Waals surface area contributed by atoms with Gasteiger partial charge in [0.05, 0.1) is 24.4 Å². The van der Waals surface area contributed by atoms with E-state index in [1.54, 1.807) is 0 Å². The molecule has 4 aliphatic carbocycles. The highest BCUT2D eigenvalue weighted by Gasteiger charge is 2.65. The van der Waals surface area contributed by atoms with Crippen LogP contribution in [0.15, 0.2) is 0 Å². The molecule has 0 radical (unpaired) electrons. The van der Waals surface area contributed by atoms with Crippen molar-refractivity contribution < 1.29 is 25.5 Å². The molecule has 32 heavy (non-hydrogen) atoms. The Hall–Kier alpha value is -0.200. The summed E-state index contributed by atoms with van der Waals surface area (Å²) in [5, 5.41) is 52.9. The third-order valence-corrected chi connectivity index (χ3v) is 11.4. The summed E-state index contributed by atoms with van der Waals surface area (Å²) in [6.07, 6.45) is 6.54. The smallest absolute Gasteiger partial charge is 0.0602 e. The molecule has 4 rings (SSSR count). The summed E-state index contributed by atoms with van der Waals surface area (Å²) in [7, 11) is 0. The Kier molecular flexibility index (Phi) is 7.09. The summed E-state index contributed by atoms with van der Waals surface area (Å²) in [5.74, 6) is 1.96. The normalized spacial score (nSPS) is 51.3. The highest BCUT2D eigenvalue weighted by Crippen LogP contribution is 2.68. The minimum atomic E-state index is -0.480. The number of rotatable bonds is 6. The Morgan fingerprint density at radius 2 is 1.62 bits per heavy atom. The summed E-state index contributed by atoms with van der Waals surface area (Å²) in [6.45, 7) is 8.82. The molecule has 0 amide bonds. The lowest BCUT2D eigenvalue weighted by Crippen LogP contribution is -2.62. The number of hydrogen-bond donors (Lipinski definition) is 5. The lowest BCUT2D eigenvalue weighted by Gasteiger charge is -2.63. The molecule has 4 aliphatic rings. The van der Waals surface area contributed by atoms with Gasteiger partial charge in [0, 0.05) is 12.5 Å². The van der Waals surface area contributed by atoms with E-state index in [1.165, 1.54) is 0 Å². The van der Waals surface area contributed by atoms with Crippen molar-refractivity contribution in [2.75, 3.05) is 6.61 Å². The van der Waals surface area contributed by atoms with Crippen LogP contribution in [0.5, 0.6) is 0 Å². The zero-order valence-electron chi connectivity index (χ0n) is 20.7. The molecule has 186 valence electrons. The Morgan fingerprint density at radius 1 is 0.906 bits per heavy atom. The maximum absolute atomic E-state index is 11.6. The summed E-state index contributed by atoms with van der Waals surface area (Å²) in [6, 6.07) is 0. The number of aliphatic hydroxyl groups is 5. The van der Waals surface area contributed by atoms with Crippen LogP contribution in [0.2, 0.25) is 0 Å². The fourth-order valence-electron chi connectivity index (χ4n) is 9.17. The fourth-order valence-corrected chi connectivity index (χ4v) is 9.17.